The normalized spacial score (nSPS) is 10.7. The van der Waals surface area contributed by atoms with Crippen molar-refractivity contribution in [2.45, 2.75) is 40.0 Å². The molecule has 23 heavy (non-hydrogen) atoms. The van der Waals surface area contributed by atoms with E-state index in [1.54, 1.807) is 25.1 Å². The maximum Gasteiger partial charge on any atom is 0.255 e. The molecule has 1 amide bonds. The molecule has 0 aliphatic rings. The zero-order valence-electron chi connectivity index (χ0n) is 13.7. The highest BCUT2D eigenvalue weighted by Crippen LogP contribution is 2.24. The average molecular weight is 334 g/mol. The molecule has 122 valence electrons. The Morgan fingerprint density at radius 2 is 1.96 bits per heavy atom. The van der Waals surface area contributed by atoms with Crippen LogP contribution in [0.2, 0.25) is 5.02 Å². The van der Waals surface area contributed by atoms with E-state index in [2.05, 4.69) is 12.2 Å². The first kappa shape index (κ1) is 17.5. The predicted molar refractivity (Wildman–Crippen MR) is 93.9 cm³/mol. The van der Waals surface area contributed by atoms with Crippen molar-refractivity contribution in [3.63, 3.8) is 0 Å². The second-order valence-electron chi connectivity index (χ2n) is 5.76. The third-order valence-electron chi connectivity index (χ3n) is 3.94. The fraction of sp³-hybridized carbons (Fsp3) is 0.316. The Bertz CT molecular complexity index is 728. The zero-order valence-corrected chi connectivity index (χ0v) is 14.4. The molecule has 0 aliphatic heterocycles. The van der Waals surface area contributed by atoms with Gasteiger partial charge in [0.25, 0.3) is 5.91 Å². The minimum atomic E-state index is -0.339. The lowest BCUT2D eigenvalue weighted by molar-refractivity contribution is 0.102. The van der Waals surface area contributed by atoms with Gasteiger partial charge in [0, 0.05) is 16.3 Å². The van der Waals surface area contributed by atoms with Crippen LogP contribution in [-0.4, -0.2) is 5.91 Å². The Balaban J connectivity index is 2.24. The predicted octanol–water partition coefficient (Wildman–Crippen LogP) is 5.69. The number of hydrogen-bond acceptors (Lipinski definition) is 1. The number of halogens is 2. The molecule has 0 radical (unpaired) electrons. The van der Waals surface area contributed by atoms with E-state index in [1.807, 2.05) is 13.0 Å². The lowest BCUT2D eigenvalue weighted by Crippen LogP contribution is -2.13. The van der Waals surface area contributed by atoms with Crippen LogP contribution >= 0.6 is 11.6 Å². The molecule has 0 bridgehead atoms. The van der Waals surface area contributed by atoms with Gasteiger partial charge in [0.15, 0.2) is 0 Å². The Morgan fingerprint density at radius 1 is 1.22 bits per heavy atom. The number of carbonyl (C=O) groups excluding carboxylic acids is 1. The van der Waals surface area contributed by atoms with Crippen molar-refractivity contribution in [3.05, 3.63) is 63.4 Å². The molecule has 4 heteroatoms. The Hall–Kier alpha value is -1.87. The van der Waals surface area contributed by atoms with Gasteiger partial charge in [-0.1, -0.05) is 31.0 Å². The molecule has 2 rings (SSSR count). The van der Waals surface area contributed by atoms with Gasteiger partial charge in [-0.3, -0.25) is 4.79 Å². The molecule has 0 aliphatic carbocycles. The SMILES string of the molecule is CCCCc1cc(C(=O)Nc2ccc(C)c(F)c2)cc(Cl)c1C. The lowest BCUT2D eigenvalue weighted by atomic mass is 9.99. The minimum absolute atomic E-state index is 0.284. The molecule has 0 spiro atoms. The number of unbranched alkanes of at least 4 members (excludes halogenated alkanes) is 1. The summed E-state index contributed by atoms with van der Waals surface area (Å²) < 4.78 is 13.6. The van der Waals surface area contributed by atoms with Crippen LogP contribution in [0.1, 0.15) is 46.8 Å². The van der Waals surface area contributed by atoms with Crippen LogP contribution in [0.5, 0.6) is 0 Å². The smallest absolute Gasteiger partial charge is 0.255 e. The van der Waals surface area contributed by atoms with Gasteiger partial charge >= 0.3 is 0 Å². The van der Waals surface area contributed by atoms with E-state index in [4.69, 9.17) is 11.6 Å². The standard InChI is InChI=1S/C19H21ClFNO/c1-4-5-6-14-9-15(10-17(20)13(14)3)19(23)22-16-8-7-12(2)18(21)11-16/h7-11H,4-6H2,1-3H3,(H,22,23). The van der Waals surface area contributed by atoms with Crippen molar-refractivity contribution in [1.82, 2.24) is 0 Å². The van der Waals surface area contributed by atoms with Gasteiger partial charge in [-0.2, -0.15) is 0 Å². The van der Waals surface area contributed by atoms with Gasteiger partial charge in [0.05, 0.1) is 0 Å². The third-order valence-corrected chi connectivity index (χ3v) is 4.34. The number of benzene rings is 2. The van der Waals surface area contributed by atoms with Crippen molar-refractivity contribution in [1.29, 1.82) is 0 Å². The topological polar surface area (TPSA) is 29.1 Å². The van der Waals surface area contributed by atoms with Crippen LogP contribution in [0.3, 0.4) is 0 Å². The monoisotopic (exact) mass is 333 g/mol. The maximum absolute atomic E-state index is 13.6. The quantitative estimate of drug-likeness (QED) is 0.748. The fourth-order valence-electron chi connectivity index (χ4n) is 2.37. The number of nitrogens with one attached hydrogen (secondary N) is 1. The molecule has 2 aromatic rings. The van der Waals surface area contributed by atoms with Crippen LogP contribution in [-0.2, 0) is 6.42 Å². The van der Waals surface area contributed by atoms with Crippen LogP contribution in [0.25, 0.3) is 0 Å². The number of carbonyl (C=O) groups is 1. The molecular weight excluding hydrogens is 313 g/mol. The van der Waals surface area contributed by atoms with E-state index in [9.17, 15) is 9.18 Å². The summed E-state index contributed by atoms with van der Waals surface area (Å²) in [5, 5.41) is 3.30. The summed E-state index contributed by atoms with van der Waals surface area (Å²) in [4.78, 5) is 12.4. The summed E-state index contributed by atoms with van der Waals surface area (Å²) in [6, 6.07) is 8.17. The Kier molecular flexibility index (Phi) is 5.78. The van der Waals surface area contributed by atoms with E-state index in [0.29, 0.717) is 21.8 Å². The minimum Gasteiger partial charge on any atom is -0.322 e. The van der Waals surface area contributed by atoms with Crippen molar-refractivity contribution < 1.29 is 9.18 Å². The number of anilines is 1. The second-order valence-corrected chi connectivity index (χ2v) is 6.17. The van der Waals surface area contributed by atoms with Crippen molar-refractivity contribution in [2.24, 2.45) is 0 Å². The summed E-state index contributed by atoms with van der Waals surface area (Å²) in [6.45, 7) is 5.77. The highest BCUT2D eigenvalue weighted by molar-refractivity contribution is 6.32. The average Bonchev–Trinajstić information content (AvgIpc) is 2.52. The van der Waals surface area contributed by atoms with E-state index in [1.165, 1.54) is 6.07 Å². The number of rotatable bonds is 5. The van der Waals surface area contributed by atoms with E-state index >= 15 is 0 Å². The van der Waals surface area contributed by atoms with E-state index in [-0.39, 0.29) is 11.7 Å². The van der Waals surface area contributed by atoms with Crippen LogP contribution < -0.4 is 5.32 Å². The molecule has 0 saturated heterocycles. The number of amides is 1. The van der Waals surface area contributed by atoms with Gasteiger partial charge in [-0.05, 0) is 67.6 Å². The molecule has 2 nitrogen and oxygen atoms in total. The third kappa shape index (κ3) is 4.32. The highest BCUT2D eigenvalue weighted by Gasteiger charge is 2.12. The van der Waals surface area contributed by atoms with Gasteiger partial charge in [0.1, 0.15) is 5.82 Å². The number of aryl methyl sites for hydroxylation is 2. The van der Waals surface area contributed by atoms with Crippen molar-refractivity contribution >= 4 is 23.2 Å². The van der Waals surface area contributed by atoms with Gasteiger partial charge in [0.2, 0.25) is 0 Å². The van der Waals surface area contributed by atoms with Crippen molar-refractivity contribution in [3.8, 4) is 0 Å². The fourth-order valence-corrected chi connectivity index (χ4v) is 2.61. The maximum atomic E-state index is 13.6. The molecule has 0 heterocycles. The summed E-state index contributed by atoms with van der Waals surface area (Å²) in [6.07, 6.45) is 3.02. The van der Waals surface area contributed by atoms with Gasteiger partial charge in [-0.25, -0.2) is 4.39 Å². The molecule has 1 N–H and O–H groups in total. The zero-order chi connectivity index (χ0) is 17.0. The van der Waals surface area contributed by atoms with Gasteiger partial charge < -0.3 is 5.32 Å². The summed E-state index contributed by atoms with van der Waals surface area (Å²) in [5.74, 6) is -0.624. The second kappa shape index (κ2) is 7.60. The Morgan fingerprint density at radius 3 is 2.61 bits per heavy atom. The lowest BCUT2D eigenvalue weighted by Gasteiger charge is -2.12. The molecule has 0 unspecified atom stereocenters. The van der Waals surface area contributed by atoms with Crippen LogP contribution in [0, 0.1) is 19.7 Å². The molecule has 0 aromatic heterocycles. The largest absolute Gasteiger partial charge is 0.322 e. The van der Waals surface area contributed by atoms with Gasteiger partial charge in [-0.15, -0.1) is 0 Å². The summed E-state index contributed by atoms with van der Waals surface area (Å²) >= 11 is 6.25. The molecular formula is C19H21ClFNO. The first-order chi connectivity index (χ1) is 10.9. The highest BCUT2D eigenvalue weighted by atomic mass is 35.5. The summed E-state index contributed by atoms with van der Waals surface area (Å²) in [5.41, 5.74) is 3.57. The molecule has 2 aromatic carbocycles. The molecule has 0 saturated carbocycles. The molecule has 0 fully saturated rings. The van der Waals surface area contributed by atoms with Crippen molar-refractivity contribution in [2.75, 3.05) is 5.32 Å². The van der Waals surface area contributed by atoms with E-state index in [0.717, 1.165) is 30.4 Å². The first-order valence-electron chi connectivity index (χ1n) is 7.79. The number of hydrogen-bond donors (Lipinski definition) is 1. The summed E-state index contributed by atoms with van der Waals surface area (Å²) in [7, 11) is 0. The Labute approximate surface area is 141 Å². The van der Waals surface area contributed by atoms with Crippen LogP contribution in [0.4, 0.5) is 10.1 Å². The van der Waals surface area contributed by atoms with E-state index < -0.39 is 0 Å². The van der Waals surface area contributed by atoms with Crippen LogP contribution in [0.15, 0.2) is 30.3 Å². The molecule has 0 atom stereocenters. The first-order valence-corrected chi connectivity index (χ1v) is 8.16.